The molecule has 0 saturated heterocycles. The largest absolute Gasteiger partial charge is 0.456 e. The predicted molar refractivity (Wildman–Crippen MR) is 125 cm³/mol. The molecule has 0 fully saturated rings. The van der Waals surface area contributed by atoms with Gasteiger partial charge in [0.2, 0.25) is 0 Å². The van der Waals surface area contributed by atoms with Gasteiger partial charge in [0.15, 0.2) is 0 Å². The van der Waals surface area contributed by atoms with E-state index in [1.165, 1.54) is 36.4 Å². The van der Waals surface area contributed by atoms with E-state index in [1.807, 2.05) is 25.1 Å². The fraction of sp³-hybridized carbons (Fsp3) is 0.0476. The summed E-state index contributed by atoms with van der Waals surface area (Å²) in [6.07, 6.45) is 1.26. The first-order chi connectivity index (χ1) is 14.7. The Morgan fingerprint density at radius 3 is 2.52 bits per heavy atom. The third-order valence-electron chi connectivity index (χ3n) is 4.13. The van der Waals surface area contributed by atoms with Crippen molar-refractivity contribution in [2.45, 2.75) is 6.92 Å². The maximum absolute atomic E-state index is 12.6. The molecule has 1 amide bonds. The number of carbonyl (C=O) groups excluding carboxylic acids is 1. The maximum Gasteiger partial charge on any atom is 0.281 e. The molecule has 31 heavy (non-hydrogen) atoms. The smallest absolute Gasteiger partial charge is 0.281 e. The highest BCUT2D eigenvalue weighted by Gasteiger charge is 2.19. The van der Waals surface area contributed by atoms with Crippen molar-refractivity contribution in [2.75, 3.05) is 5.32 Å². The molecule has 7 nitrogen and oxygen atoms in total. The van der Waals surface area contributed by atoms with Crippen LogP contribution in [0.5, 0.6) is 0 Å². The van der Waals surface area contributed by atoms with E-state index in [0.29, 0.717) is 14.6 Å². The van der Waals surface area contributed by atoms with Crippen molar-refractivity contribution in [3.63, 3.8) is 0 Å². The summed E-state index contributed by atoms with van der Waals surface area (Å²) in [7, 11) is 0. The number of hydrogen-bond acceptors (Lipinski definition) is 5. The molecule has 0 bridgehead atoms. The number of anilines is 1. The van der Waals surface area contributed by atoms with Gasteiger partial charge in [0, 0.05) is 26.1 Å². The Labute approximate surface area is 198 Å². The van der Waals surface area contributed by atoms with Crippen LogP contribution in [0.2, 0.25) is 5.02 Å². The predicted octanol–water partition coefficient (Wildman–Crippen LogP) is 6.89. The van der Waals surface area contributed by atoms with Crippen molar-refractivity contribution in [3.05, 3.63) is 83.4 Å². The standard InChI is InChI=1S/C21H12Br2ClN3O4/c1-11-6-16(22)20(17(23)7-11)26-21(28)12(10-25)8-14-3-5-19(31-14)15-4-2-13(24)9-18(15)27(29)30/h2-9H,1H3,(H,26,28)/b12-8+. The number of amides is 1. The zero-order valence-electron chi connectivity index (χ0n) is 15.8. The van der Waals surface area contributed by atoms with Crippen molar-refractivity contribution >= 4 is 66.8 Å². The Balaban J connectivity index is 1.90. The molecule has 3 rings (SSSR count). The number of rotatable bonds is 5. The summed E-state index contributed by atoms with van der Waals surface area (Å²) in [5.74, 6) is -0.243. The van der Waals surface area contributed by atoms with Crippen molar-refractivity contribution < 1.29 is 14.1 Å². The van der Waals surface area contributed by atoms with Gasteiger partial charge in [0.25, 0.3) is 11.6 Å². The summed E-state index contributed by atoms with van der Waals surface area (Å²) in [5, 5.41) is 23.6. The lowest BCUT2D eigenvalue weighted by Crippen LogP contribution is -2.14. The Morgan fingerprint density at radius 1 is 1.23 bits per heavy atom. The van der Waals surface area contributed by atoms with E-state index >= 15 is 0 Å². The number of nitrogens with zero attached hydrogens (tertiary/aromatic N) is 2. The molecule has 1 aromatic heterocycles. The van der Waals surface area contributed by atoms with Crippen LogP contribution in [0, 0.1) is 28.4 Å². The number of nitro benzene ring substituents is 1. The average molecular weight is 566 g/mol. The fourth-order valence-corrected chi connectivity index (χ4v) is 4.51. The van der Waals surface area contributed by atoms with Gasteiger partial charge in [-0.2, -0.15) is 5.26 Å². The molecule has 156 valence electrons. The number of halogens is 3. The van der Waals surface area contributed by atoms with Crippen molar-refractivity contribution in [1.29, 1.82) is 5.26 Å². The number of furan rings is 1. The highest BCUT2D eigenvalue weighted by Crippen LogP contribution is 2.34. The van der Waals surface area contributed by atoms with Crippen LogP contribution in [0.25, 0.3) is 17.4 Å². The minimum absolute atomic E-state index is 0.188. The van der Waals surface area contributed by atoms with E-state index < -0.39 is 10.8 Å². The molecular formula is C21H12Br2ClN3O4. The third-order valence-corrected chi connectivity index (χ3v) is 5.61. The molecule has 0 aliphatic rings. The summed E-state index contributed by atoms with van der Waals surface area (Å²) in [5.41, 5.74) is 1.26. The number of benzene rings is 2. The molecule has 2 aromatic carbocycles. The lowest BCUT2D eigenvalue weighted by Gasteiger charge is -2.10. The SMILES string of the molecule is Cc1cc(Br)c(NC(=O)/C(C#N)=C/c2ccc(-c3ccc(Cl)cc3[N+](=O)[O-])o2)c(Br)c1. The van der Waals surface area contributed by atoms with Crippen LogP contribution in [0.4, 0.5) is 11.4 Å². The zero-order valence-corrected chi connectivity index (χ0v) is 19.7. The van der Waals surface area contributed by atoms with Crippen LogP contribution >= 0.6 is 43.5 Å². The first-order valence-electron chi connectivity index (χ1n) is 8.62. The Morgan fingerprint density at radius 2 is 1.90 bits per heavy atom. The van der Waals surface area contributed by atoms with Gasteiger partial charge in [-0.05, 0) is 80.7 Å². The second kappa shape index (κ2) is 9.47. The third kappa shape index (κ3) is 5.22. The molecular weight excluding hydrogens is 554 g/mol. The van der Waals surface area contributed by atoms with E-state index in [1.54, 1.807) is 0 Å². The highest BCUT2D eigenvalue weighted by molar-refractivity contribution is 9.11. The second-order valence-electron chi connectivity index (χ2n) is 6.35. The summed E-state index contributed by atoms with van der Waals surface area (Å²) < 4.78 is 6.93. The van der Waals surface area contributed by atoms with Crippen LogP contribution in [-0.4, -0.2) is 10.8 Å². The first kappa shape index (κ1) is 22.7. The quantitative estimate of drug-likeness (QED) is 0.157. The van der Waals surface area contributed by atoms with Gasteiger partial charge in [-0.15, -0.1) is 0 Å². The van der Waals surface area contributed by atoms with Crippen LogP contribution < -0.4 is 5.32 Å². The molecule has 0 atom stereocenters. The monoisotopic (exact) mass is 563 g/mol. The lowest BCUT2D eigenvalue weighted by atomic mass is 10.1. The van der Waals surface area contributed by atoms with E-state index in [9.17, 15) is 20.2 Å². The highest BCUT2D eigenvalue weighted by atomic mass is 79.9. The first-order valence-corrected chi connectivity index (χ1v) is 10.6. The minimum Gasteiger partial charge on any atom is -0.456 e. The van der Waals surface area contributed by atoms with E-state index in [4.69, 9.17) is 16.0 Å². The minimum atomic E-state index is -0.636. The lowest BCUT2D eigenvalue weighted by molar-refractivity contribution is -0.384. The molecule has 0 aliphatic heterocycles. The van der Waals surface area contributed by atoms with Crippen LogP contribution in [0.15, 0.2) is 61.4 Å². The molecule has 1 N–H and O–H groups in total. The molecule has 0 radical (unpaired) electrons. The van der Waals surface area contributed by atoms with Gasteiger partial charge >= 0.3 is 0 Å². The maximum atomic E-state index is 12.6. The van der Waals surface area contributed by atoms with Gasteiger partial charge in [-0.1, -0.05) is 11.6 Å². The van der Waals surface area contributed by atoms with Gasteiger partial charge in [-0.3, -0.25) is 14.9 Å². The molecule has 0 spiro atoms. The van der Waals surface area contributed by atoms with Crippen molar-refractivity contribution in [2.24, 2.45) is 0 Å². The number of aryl methyl sites for hydroxylation is 1. The Bertz CT molecular complexity index is 1250. The van der Waals surface area contributed by atoms with Crippen molar-refractivity contribution in [1.82, 2.24) is 0 Å². The average Bonchev–Trinajstić information content (AvgIpc) is 3.17. The van der Waals surface area contributed by atoms with Crippen LogP contribution in [0.1, 0.15) is 11.3 Å². The molecule has 1 heterocycles. The Kier molecular flexibility index (Phi) is 6.95. The fourth-order valence-electron chi connectivity index (χ4n) is 2.73. The summed E-state index contributed by atoms with van der Waals surface area (Å²) in [6, 6.07) is 12.7. The topological polar surface area (TPSA) is 109 Å². The van der Waals surface area contributed by atoms with E-state index in [0.717, 1.165) is 5.56 Å². The van der Waals surface area contributed by atoms with Crippen LogP contribution in [-0.2, 0) is 4.79 Å². The van der Waals surface area contributed by atoms with Crippen LogP contribution in [0.3, 0.4) is 0 Å². The molecule has 0 unspecified atom stereocenters. The number of nitro groups is 1. The van der Waals surface area contributed by atoms with Gasteiger partial charge in [-0.25, -0.2) is 0 Å². The Hall–Kier alpha value is -2.93. The zero-order chi connectivity index (χ0) is 22.7. The van der Waals surface area contributed by atoms with Gasteiger partial charge < -0.3 is 9.73 Å². The van der Waals surface area contributed by atoms with Gasteiger partial charge in [0.1, 0.15) is 23.2 Å². The van der Waals surface area contributed by atoms with Gasteiger partial charge in [0.05, 0.1) is 16.2 Å². The molecule has 3 aromatic rings. The summed E-state index contributed by atoms with van der Waals surface area (Å²) >= 11 is 12.6. The molecule has 10 heteroatoms. The normalized spacial score (nSPS) is 11.1. The van der Waals surface area contributed by atoms with Crippen molar-refractivity contribution in [3.8, 4) is 17.4 Å². The molecule has 0 saturated carbocycles. The molecule has 0 aliphatic carbocycles. The van der Waals surface area contributed by atoms with E-state index in [-0.39, 0.29) is 33.4 Å². The summed E-state index contributed by atoms with van der Waals surface area (Å²) in [6.45, 7) is 1.90. The number of nitrogens with one attached hydrogen (secondary N) is 1. The second-order valence-corrected chi connectivity index (χ2v) is 8.49. The number of nitriles is 1. The number of carbonyl (C=O) groups is 1. The number of hydrogen-bond donors (Lipinski definition) is 1. The van der Waals surface area contributed by atoms with E-state index in [2.05, 4.69) is 37.2 Å². The summed E-state index contributed by atoms with van der Waals surface area (Å²) in [4.78, 5) is 23.3.